The van der Waals surface area contributed by atoms with Crippen molar-refractivity contribution in [2.75, 3.05) is 0 Å². The van der Waals surface area contributed by atoms with Gasteiger partial charge in [0.2, 0.25) is 0 Å². The summed E-state index contributed by atoms with van der Waals surface area (Å²) >= 11 is 0. The van der Waals surface area contributed by atoms with E-state index in [2.05, 4.69) is 0 Å². The molecule has 4 nitrogen and oxygen atoms in total. The Kier molecular flexibility index (Phi) is 4.61. The molecule has 1 heterocycles. The van der Waals surface area contributed by atoms with Crippen LogP contribution in [0.4, 0.5) is 0 Å². The van der Waals surface area contributed by atoms with Crippen LogP contribution in [0.2, 0.25) is 0 Å². The van der Waals surface area contributed by atoms with Crippen molar-refractivity contribution >= 4 is 11.5 Å². The van der Waals surface area contributed by atoms with E-state index in [-0.39, 0.29) is 22.5 Å². The van der Waals surface area contributed by atoms with Crippen molar-refractivity contribution in [1.82, 2.24) is 0 Å². The zero-order valence-corrected chi connectivity index (χ0v) is 15.7. The third-order valence-corrected chi connectivity index (χ3v) is 5.48. The number of hydrogen-bond acceptors (Lipinski definition) is 4. The van der Waals surface area contributed by atoms with Gasteiger partial charge < -0.3 is 9.52 Å². The molecule has 0 spiro atoms. The molecule has 0 aliphatic heterocycles. The molecule has 1 aromatic heterocycles. The molecule has 1 N–H and O–H groups in total. The van der Waals surface area contributed by atoms with Gasteiger partial charge in [0.25, 0.3) is 0 Å². The minimum Gasteiger partial charge on any atom is -0.507 e. The number of aliphatic hydroxyl groups excluding tert-OH is 1. The summed E-state index contributed by atoms with van der Waals surface area (Å²) in [4.78, 5) is 26.0. The standard InChI is InChI=1S/C22H24O4/c1-5-15-19(24)18-16(23)12-17(14-10-8-9-13(4)11-14)26-21(18)22(6-2,7-3)20(15)25/h8-12,24H,5-7H2,1-4H3. The van der Waals surface area contributed by atoms with Crippen LogP contribution in [0.5, 0.6) is 0 Å². The van der Waals surface area contributed by atoms with Crippen molar-refractivity contribution in [1.29, 1.82) is 0 Å². The first-order valence-corrected chi connectivity index (χ1v) is 9.12. The molecule has 0 amide bonds. The molecule has 1 aromatic carbocycles. The topological polar surface area (TPSA) is 67.5 Å². The van der Waals surface area contributed by atoms with Gasteiger partial charge in [0.15, 0.2) is 11.2 Å². The van der Waals surface area contributed by atoms with Crippen LogP contribution in [0.1, 0.15) is 56.9 Å². The number of allylic oxidation sites excluding steroid dienone is 1. The summed E-state index contributed by atoms with van der Waals surface area (Å²) in [5.41, 5.74) is 1.06. The smallest absolute Gasteiger partial charge is 0.196 e. The molecular formula is C22H24O4. The molecule has 0 saturated carbocycles. The predicted octanol–water partition coefficient (Wildman–Crippen LogP) is 4.93. The number of rotatable bonds is 4. The molecule has 26 heavy (non-hydrogen) atoms. The van der Waals surface area contributed by atoms with Crippen LogP contribution in [-0.4, -0.2) is 10.9 Å². The van der Waals surface area contributed by atoms with Gasteiger partial charge in [-0.2, -0.15) is 0 Å². The fourth-order valence-electron chi connectivity index (χ4n) is 3.87. The maximum Gasteiger partial charge on any atom is 0.196 e. The van der Waals surface area contributed by atoms with E-state index in [0.29, 0.717) is 36.4 Å². The molecule has 0 bridgehead atoms. The fourth-order valence-corrected chi connectivity index (χ4v) is 3.87. The predicted molar refractivity (Wildman–Crippen MR) is 102 cm³/mol. The zero-order valence-electron chi connectivity index (χ0n) is 15.7. The van der Waals surface area contributed by atoms with Crippen molar-refractivity contribution in [3.63, 3.8) is 0 Å². The first-order chi connectivity index (χ1) is 12.4. The summed E-state index contributed by atoms with van der Waals surface area (Å²) < 4.78 is 6.14. The summed E-state index contributed by atoms with van der Waals surface area (Å²) in [7, 11) is 0. The van der Waals surface area contributed by atoms with Crippen LogP contribution in [0.25, 0.3) is 17.1 Å². The molecule has 2 aromatic rings. The molecule has 1 aliphatic rings. The van der Waals surface area contributed by atoms with Crippen LogP contribution >= 0.6 is 0 Å². The summed E-state index contributed by atoms with van der Waals surface area (Å²) in [5, 5.41) is 10.6. The first kappa shape index (κ1) is 18.2. The number of Topliss-reactive ketones (excluding diaryl/α,β-unsaturated/α-hetero) is 1. The lowest BCUT2D eigenvalue weighted by Gasteiger charge is -2.35. The second-order valence-corrected chi connectivity index (χ2v) is 6.85. The van der Waals surface area contributed by atoms with E-state index in [1.165, 1.54) is 6.07 Å². The molecule has 1 aliphatic carbocycles. The number of ketones is 1. The second kappa shape index (κ2) is 6.60. The highest BCUT2D eigenvalue weighted by atomic mass is 16.3. The highest BCUT2D eigenvalue weighted by Gasteiger charge is 2.48. The highest BCUT2D eigenvalue weighted by Crippen LogP contribution is 2.44. The minimum atomic E-state index is -0.911. The summed E-state index contributed by atoms with van der Waals surface area (Å²) in [6, 6.07) is 9.07. The van der Waals surface area contributed by atoms with Crippen molar-refractivity contribution in [3.05, 3.63) is 63.0 Å². The van der Waals surface area contributed by atoms with Crippen molar-refractivity contribution in [2.24, 2.45) is 0 Å². The van der Waals surface area contributed by atoms with E-state index in [4.69, 9.17) is 4.42 Å². The Morgan fingerprint density at radius 2 is 1.77 bits per heavy atom. The van der Waals surface area contributed by atoms with Gasteiger partial charge in [-0.05, 0) is 32.3 Å². The van der Waals surface area contributed by atoms with E-state index in [1.54, 1.807) is 0 Å². The molecular weight excluding hydrogens is 328 g/mol. The zero-order chi connectivity index (χ0) is 19.1. The van der Waals surface area contributed by atoms with E-state index >= 15 is 0 Å². The average Bonchev–Trinajstić information content (AvgIpc) is 2.62. The summed E-state index contributed by atoms with van der Waals surface area (Å²) in [6.45, 7) is 7.61. The number of fused-ring (bicyclic) bond motifs is 1. The van der Waals surface area contributed by atoms with Gasteiger partial charge in [-0.1, -0.05) is 44.5 Å². The number of aryl methyl sites for hydroxylation is 1. The lowest BCUT2D eigenvalue weighted by molar-refractivity contribution is -0.122. The maximum atomic E-state index is 13.1. The largest absolute Gasteiger partial charge is 0.507 e. The van der Waals surface area contributed by atoms with Gasteiger partial charge in [-0.3, -0.25) is 9.59 Å². The second-order valence-electron chi connectivity index (χ2n) is 6.85. The average molecular weight is 352 g/mol. The van der Waals surface area contributed by atoms with E-state index in [9.17, 15) is 14.7 Å². The number of hydrogen-bond donors (Lipinski definition) is 1. The molecule has 4 heteroatoms. The molecule has 0 radical (unpaired) electrons. The lowest BCUT2D eigenvalue weighted by Crippen LogP contribution is -2.41. The van der Waals surface area contributed by atoms with Gasteiger partial charge in [0, 0.05) is 17.2 Å². The molecule has 0 saturated heterocycles. The van der Waals surface area contributed by atoms with Gasteiger partial charge in [-0.15, -0.1) is 0 Å². The molecule has 0 atom stereocenters. The van der Waals surface area contributed by atoms with Crippen LogP contribution < -0.4 is 5.43 Å². The van der Waals surface area contributed by atoms with Gasteiger partial charge >= 0.3 is 0 Å². The minimum absolute atomic E-state index is 0.139. The van der Waals surface area contributed by atoms with E-state index in [1.807, 2.05) is 52.0 Å². The monoisotopic (exact) mass is 352 g/mol. The van der Waals surface area contributed by atoms with E-state index in [0.717, 1.165) is 11.1 Å². The van der Waals surface area contributed by atoms with Gasteiger partial charge in [-0.25, -0.2) is 0 Å². The molecule has 0 fully saturated rings. The Balaban J connectivity index is 2.38. The number of benzene rings is 1. The third-order valence-electron chi connectivity index (χ3n) is 5.48. The summed E-state index contributed by atoms with van der Waals surface area (Å²) in [6.07, 6.45) is 1.39. The Hall–Kier alpha value is -2.62. The maximum absolute atomic E-state index is 13.1. The van der Waals surface area contributed by atoms with Gasteiger partial charge in [0.05, 0.1) is 5.41 Å². The normalized spacial score (nSPS) is 15.9. The Morgan fingerprint density at radius 3 is 2.35 bits per heavy atom. The number of carbonyl (C=O) groups excluding carboxylic acids is 1. The number of carbonyl (C=O) groups is 1. The third kappa shape index (κ3) is 2.52. The van der Waals surface area contributed by atoms with E-state index < -0.39 is 5.41 Å². The summed E-state index contributed by atoms with van der Waals surface area (Å²) in [5.74, 6) is 0.351. The van der Waals surface area contributed by atoms with Gasteiger partial charge in [0.1, 0.15) is 22.8 Å². The van der Waals surface area contributed by atoms with Crippen LogP contribution in [0.15, 0.2) is 45.1 Å². The molecule has 136 valence electrons. The van der Waals surface area contributed by atoms with Crippen molar-refractivity contribution in [3.8, 4) is 11.3 Å². The van der Waals surface area contributed by atoms with Crippen LogP contribution in [0, 0.1) is 6.92 Å². The van der Waals surface area contributed by atoms with Crippen molar-refractivity contribution in [2.45, 2.75) is 52.4 Å². The fraction of sp³-hybridized carbons (Fsp3) is 0.364. The van der Waals surface area contributed by atoms with Crippen molar-refractivity contribution < 1.29 is 14.3 Å². The highest BCUT2D eigenvalue weighted by molar-refractivity contribution is 6.10. The lowest BCUT2D eigenvalue weighted by atomic mass is 9.68. The Morgan fingerprint density at radius 1 is 1.08 bits per heavy atom. The van der Waals surface area contributed by atoms with Crippen LogP contribution in [0.3, 0.4) is 0 Å². The Labute approximate surface area is 153 Å². The first-order valence-electron chi connectivity index (χ1n) is 9.12. The quantitative estimate of drug-likeness (QED) is 0.847. The Bertz CT molecular complexity index is 958. The SMILES string of the molecule is CCC1=C(O)c2c(oc(-c3cccc(C)c3)cc2=O)C(CC)(CC)C1=O. The molecule has 3 rings (SSSR count). The van der Waals surface area contributed by atoms with Crippen LogP contribution in [-0.2, 0) is 10.2 Å². The number of aliphatic hydroxyl groups is 1. The molecule has 0 unspecified atom stereocenters.